The highest BCUT2D eigenvalue weighted by molar-refractivity contribution is 5.56. The zero-order chi connectivity index (χ0) is 56.7. The first-order valence-electron chi connectivity index (χ1n) is 29.5. The van der Waals surface area contributed by atoms with Crippen LogP contribution in [0.5, 0.6) is 23.0 Å². The van der Waals surface area contributed by atoms with Gasteiger partial charge in [0.1, 0.15) is 49.4 Å². The van der Waals surface area contributed by atoms with Gasteiger partial charge in [0, 0.05) is 12.8 Å². The Balaban J connectivity index is 1.28. The van der Waals surface area contributed by atoms with Crippen LogP contribution < -0.4 is 18.9 Å². The van der Waals surface area contributed by atoms with Gasteiger partial charge < -0.3 is 18.9 Å². The zero-order valence-electron chi connectivity index (χ0n) is 50.3. The molecule has 0 aliphatic heterocycles. The molecule has 8 bridgehead atoms. The smallest absolute Gasteiger partial charge is 0.126 e. The second kappa shape index (κ2) is 24.8. The van der Waals surface area contributed by atoms with Crippen molar-refractivity contribution in [1.82, 2.24) is 0 Å². The molecule has 0 unspecified atom stereocenters. The zero-order valence-corrected chi connectivity index (χ0v) is 50.3. The van der Waals surface area contributed by atoms with E-state index in [4.69, 9.17) is 18.9 Å². The van der Waals surface area contributed by atoms with Crippen molar-refractivity contribution in [3.05, 3.63) is 259 Å². The van der Waals surface area contributed by atoms with Crippen LogP contribution >= 0.6 is 0 Å². The molecule has 0 amide bonds. The van der Waals surface area contributed by atoms with E-state index in [1.54, 1.807) is 0 Å². The van der Waals surface area contributed by atoms with Gasteiger partial charge in [-0.3, -0.25) is 0 Å². The fourth-order valence-corrected chi connectivity index (χ4v) is 11.0. The number of aryl methyl sites for hydroxylation is 4. The quantitative estimate of drug-likeness (QED) is 0.122. The maximum atomic E-state index is 7.23. The van der Waals surface area contributed by atoms with Gasteiger partial charge in [-0.05, 0) is 149 Å². The van der Waals surface area contributed by atoms with Gasteiger partial charge >= 0.3 is 0 Å². The van der Waals surface area contributed by atoms with Gasteiger partial charge in [0.25, 0.3) is 0 Å². The molecule has 0 aromatic heterocycles. The second-order valence-electron chi connectivity index (χ2n) is 26.7. The summed E-state index contributed by atoms with van der Waals surface area (Å²) in [7, 11) is 0. The van der Waals surface area contributed by atoms with Crippen molar-refractivity contribution >= 4 is 0 Å². The summed E-state index contributed by atoms with van der Waals surface area (Å²) in [6, 6.07) is 62.0. The monoisotopic (exact) mass is 1060 g/mol. The van der Waals surface area contributed by atoms with Crippen LogP contribution in [0.25, 0.3) is 0 Å². The lowest BCUT2D eigenvalue weighted by Crippen LogP contribution is -2.16. The highest BCUT2D eigenvalue weighted by Gasteiger charge is 2.28. The Morgan fingerprint density at radius 3 is 0.637 bits per heavy atom. The summed E-state index contributed by atoms with van der Waals surface area (Å²) in [6.45, 7) is 30.0. The standard InChI is InChI=1S/C76H88O4/c1-73(2,3)65-41-57-35-25-36-58-42-67(75(7,8)9)47-63(71(58)79-51-55-31-21-15-22-32-55)40-64-48-68(76(10,11)12)44-60(72(64)80-52-56-33-23-16-24-34-56)38-26-37-59-43-66(74(4,5)6)46-62(70(59)78-50-54-29-19-14-20-30-54)39-61(45-65)69(57)77-49-53-27-17-13-18-28-53/h13-24,27-34,41-48H,25-26,35-40,49-52H2,1-12H3. The molecule has 4 nitrogen and oxygen atoms in total. The number of rotatable bonds is 12. The molecular formula is C76H88O4. The lowest BCUT2D eigenvalue weighted by atomic mass is 9.80. The normalized spacial score (nSPS) is 13.6. The van der Waals surface area contributed by atoms with E-state index in [-0.39, 0.29) is 21.7 Å². The van der Waals surface area contributed by atoms with Crippen LogP contribution in [-0.4, -0.2) is 0 Å². The average Bonchev–Trinajstić information content (AvgIpc) is 3.52. The van der Waals surface area contributed by atoms with Gasteiger partial charge in [-0.1, -0.05) is 253 Å². The molecule has 0 atom stereocenters. The van der Waals surface area contributed by atoms with Crippen LogP contribution in [0.2, 0.25) is 0 Å². The van der Waals surface area contributed by atoms with Crippen molar-refractivity contribution in [3.63, 3.8) is 0 Å². The third-order valence-electron chi connectivity index (χ3n) is 15.9. The number of ether oxygens (including phenoxy) is 4. The van der Waals surface area contributed by atoms with Crippen molar-refractivity contribution in [2.45, 2.75) is 183 Å². The minimum Gasteiger partial charge on any atom is -0.488 e. The fraction of sp³-hybridized carbons (Fsp3) is 0.368. The molecule has 8 aromatic carbocycles. The second-order valence-corrected chi connectivity index (χ2v) is 26.7. The molecule has 80 heavy (non-hydrogen) atoms. The van der Waals surface area contributed by atoms with Gasteiger partial charge in [0.05, 0.1) is 0 Å². The van der Waals surface area contributed by atoms with E-state index in [9.17, 15) is 0 Å². The molecule has 0 N–H and O–H groups in total. The number of benzene rings is 8. The van der Waals surface area contributed by atoms with Crippen LogP contribution in [0.1, 0.15) is 185 Å². The predicted octanol–water partition coefficient (Wildman–Crippen LogP) is 19.0. The van der Waals surface area contributed by atoms with Gasteiger partial charge in [-0.2, -0.15) is 0 Å². The van der Waals surface area contributed by atoms with Gasteiger partial charge in [0.2, 0.25) is 0 Å². The van der Waals surface area contributed by atoms with Crippen LogP contribution in [0.15, 0.2) is 170 Å². The maximum absolute atomic E-state index is 7.23. The van der Waals surface area contributed by atoms with Gasteiger partial charge in [-0.15, -0.1) is 0 Å². The Hall–Kier alpha value is -7.04. The largest absolute Gasteiger partial charge is 0.488 e. The molecule has 0 fully saturated rings. The third kappa shape index (κ3) is 14.8. The molecular weight excluding hydrogens is 977 g/mol. The van der Waals surface area contributed by atoms with Crippen molar-refractivity contribution in [2.75, 3.05) is 0 Å². The molecule has 8 aromatic rings. The fourth-order valence-electron chi connectivity index (χ4n) is 11.0. The predicted molar refractivity (Wildman–Crippen MR) is 333 cm³/mol. The van der Waals surface area contributed by atoms with Crippen molar-refractivity contribution in [3.8, 4) is 23.0 Å². The summed E-state index contributed by atoms with van der Waals surface area (Å²) in [6.07, 6.45) is 6.42. The Kier molecular flexibility index (Phi) is 17.8. The molecule has 0 saturated carbocycles. The Morgan fingerprint density at radius 1 is 0.263 bits per heavy atom. The SMILES string of the molecule is CC(C)(C)c1cc2c(OCc3ccccc3)c(c1)Cc1cc(C(C)(C)C)cc(c1OCc1ccccc1)CCCc1cc(C(C)(C)C)cc(c1OCc1ccccc1)Cc1cc(C(C)(C)C)cc(c1OCc1ccccc1)CCC2. The van der Waals surface area contributed by atoms with Crippen molar-refractivity contribution in [2.24, 2.45) is 0 Å². The molecule has 416 valence electrons. The van der Waals surface area contributed by atoms with Crippen molar-refractivity contribution in [1.29, 1.82) is 0 Å². The maximum Gasteiger partial charge on any atom is 0.126 e. The minimum atomic E-state index is -0.110. The highest BCUT2D eigenvalue weighted by Crippen LogP contribution is 2.43. The third-order valence-corrected chi connectivity index (χ3v) is 15.9. The molecule has 1 aliphatic rings. The van der Waals surface area contributed by atoms with Crippen LogP contribution in [0, 0.1) is 0 Å². The summed E-state index contributed by atoms with van der Waals surface area (Å²) >= 11 is 0. The van der Waals surface area contributed by atoms with Gasteiger partial charge in [-0.25, -0.2) is 0 Å². The summed E-state index contributed by atoms with van der Waals surface area (Å²) in [5.41, 5.74) is 19.1. The summed E-state index contributed by atoms with van der Waals surface area (Å²) in [4.78, 5) is 0. The Labute approximate surface area is 480 Å². The first kappa shape index (κ1) is 57.6. The molecule has 0 spiro atoms. The molecule has 0 saturated heterocycles. The number of hydrogen-bond donors (Lipinski definition) is 0. The molecule has 9 rings (SSSR count). The van der Waals surface area contributed by atoms with E-state index < -0.39 is 0 Å². The van der Waals surface area contributed by atoms with E-state index in [0.29, 0.717) is 39.3 Å². The molecule has 0 radical (unpaired) electrons. The number of fused-ring (bicyclic) bond motifs is 8. The van der Waals surface area contributed by atoms with Crippen LogP contribution in [-0.2, 0) is 86.6 Å². The van der Waals surface area contributed by atoms with E-state index in [1.807, 2.05) is 0 Å². The van der Waals surface area contributed by atoms with Crippen LogP contribution in [0.3, 0.4) is 0 Å². The lowest BCUT2D eigenvalue weighted by Gasteiger charge is -2.28. The van der Waals surface area contributed by atoms with Crippen LogP contribution in [0.4, 0.5) is 0 Å². The summed E-state index contributed by atoms with van der Waals surface area (Å²) in [5.74, 6) is 3.92. The molecule has 1 aliphatic carbocycles. The van der Waals surface area contributed by atoms with Crippen molar-refractivity contribution < 1.29 is 18.9 Å². The summed E-state index contributed by atoms with van der Waals surface area (Å²) in [5, 5.41) is 0. The minimum absolute atomic E-state index is 0.110. The van der Waals surface area contributed by atoms with E-state index >= 15 is 0 Å². The Bertz CT molecular complexity index is 2880. The number of hydrogen-bond acceptors (Lipinski definition) is 4. The first-order chi connectivity index (χ1) is 38.2. The summed E-state index contributed by atoms with van der Waals surface area (Å²) < 4.78 is 28.9. The van der Waals surface area contributed by atoms with E-state index in [0.717, 1.165) is 83.8 Å². The Morgan fingerprint density at radius 2 is 0.450 bits per heavy atom. The van der Waals surface area contributed by atoms with E-state index in [1.165, 1.54) is 66.8 Å². The topological polar surface area (TPSA) is 36.9 Å². The average molecular weight is 1070 g/mol. The lowest BCUT2D eigenvalue weighted by molar-refractivity contribution is 0.294. The van der Waals surface area contributed by atoms with Gasteiger partial charge in [0.15, 0.2) is 0 Å². The highest BCUT2D eigenvalue weighted by atomic mass is 16.5. The van der Waals surface area contributed by atoms with E-state index in [2.05, 4.69) is 253 Å². The first-order valence-corrected chi connectivity index (χ1v) is 29.5. The molecule has 0 heterocycles. The molecule has 4 heteroatoms.